The van der Waals surface area contributed by atoms with Crippen LogP contribution in [-0.2, 0) is 17.9 Å². The standard InChI is InChI=1S/C33H33ClFN5O5/c1-43-31-17-28-25(16-26(31)29-13-11-24(45-29)18-36-14-4-2-3-5-32(41)40-42)33(38-20-37-28)39-23-10-12-30(27(34)15-23)44-19-21-6-8-22(35)9-7-21/h6-13,15-17,20,36,42H,2-5,14,18-19H2,1H3,(H,40,41)(H,37,38,39). The lowest BCUT2D eigenvalue weighted by molar-refractivity contribution is -0.129. The summed E-state index contributed by atoms with van der Waals surface area (Å²) in [6, 6.07) is 19.0. The van der Waals surface area contributed by atoms with Crippen molar-refractivity contribution >= 4 is 39.9 Å². The van der Waals surface area contributed by atoms with Gasteiger partial charge in [0.1, 0.15) is 47.6 Å². The lowest BCUT2D eigenvalue weighted by Gasteiger charge is -2.13. The summed E-state index contributed by atoms with van der Waals surface area (Å²) in [6.45, 7) is 1.58. The van der Waals surface area contributed by atoms with Crippen molar-refractivity contribution in [2.75, 3.05) is 19.0 Å². The fourth-order valence-electron chi connectivity index (χ4n) is 4.72. The molecular weight excluding hydrogens is 601 g/mol. The third-order valence-electron chi connectivity index (χ3n) is 7.07. The Bertz CT molecular complexity index is 1750. The van der Waals surface area contributed by atoms with Crippen LogP contribution in [-0.4, -0.2) is 34.7 Å². The maximum Gasteiger partial charge on any atom is 0.243 e. The molecule has 0 fully saturated rings. The number of unbranched alkanes of at least 4 members (excludes halogenated alkanes) is 2. The number of carbonyl (C=O) groups excluding carboxylic acids is 1. The number of hydrogen-bond donors (Lipinski definition) is 4. The Morgan fingerprint density at radius 3 is 2.62 bits per heavy atom. The largest absolute Gasteiger partial charge is 0.496 e. The highest BCUT2D eigenvalue weighted by Crippen LogP contribution is 2.37. The number of amides is 1. The predicted octanol–water partition coefficient (Wildman–Crippen LogP) is 7.17. The summed E-state index contributed by atoms with van der Waals surface area (Å²) in [5.41, 5.74) is 4.61. The van der Waals surface area contributed by atoms with Gasteiger partial charge in [0.2, 0.25) is 5.91 Å². The van der Waals surface area contributed by atoms with Gasteiger partial charge < -0.3 is 24.5 Å². The van der Waals surface area contributed by atoms with E-state index < -0.39 is 0 Å². The molecular formula is C33H33ClFN5O5. The molecule has 0 bridgehead atoms. The summed E-state index contributed by atoms with van der Waals surface area (Å²) in [5.74, 6) is 2.43. The van der Waals surface area contributed by atoms with E-state index in [2.05, 4.69) is 20.6 Å². The molecule has 0 saturated heterocycles. The minimum atomic E-state index is -0.367. The lowest BCUT2D eigenvalue weighted by Crippen LogP contribution is -2.18. The smallest absolute Gasteiger partial charge is 0.243 e. The first-order valence-electron chi connectivity index (χ1n) is 14.4. The quantitative estimate of drug-likeness (QED) is 0.0538. The molecule has 2 aromatic heterocycles. The van der Waals surface area contributed by atoms with E-state index >= 15 is 0 Å². The first-order chi connectivity index (χ1) is 21.9. The monoisotopic (exact) mass is 633 g/mol. The average molecular weight is 634 g/mol. The molecule has 10 nitrogen and oxygen atoms in total. The molecule has 2 heterocycles. The van der Waals surface area contributed by atoms with Crippen LogP contribution in [0, 0.1) is 5.82 Å². The Kier molecular flexibility index (Phi) is 10.8. The van der Waals surface area contributed by atoms with Gasteiger partial charge in [0.15, 0.2) is 0 Å². The van der Waals surface area contributed by atoms with Crippen LogP contribution in [0.1, 0.15) is 37.0 Å². The number of carbonyl (C=O) groups is 1. The average Bonchev–Trinajstić information content (AvgIpc) is 3.53. The summed E-state index contributed by atoms with van der Waals surface area (Å²) < 4.78 is 30.8. The normalized spacial score (nSPS) is 11.0. The number of hydroxylamine groups is 1. The van der Waals surface area contributed by atoms with Gasteiger partial charge in [-0.3, -0.25) is 10.0 Å². The van der Waals surface area contributed by atoms with Crippen LogP contribution in [0.3, 0.4) is 0 Å². The number of hydrogen-bond acceptors (Lipinski definition) is 9. The highest BCUT2D eigenvalue weighted by atomic mass is 35.5. The number of nitrogens with one attached hydrogen (secondary N) is 3. The lowest BCUT2D eigenvalue weighted by atomic mass is 10.1. The van der Waals surface area contributed by atoms with Crippen LogP contribution in [0.4, 0.5) is 15.9 Å². The Hall–Kier alpha value is -4.71. The van der Waals surface area contributed by atoms with Gasteiger partial charge in [-0.15, -0.1) is 0 Å². The van der Waals surface area contributed by atoms with Crippen LogP contribution >= 0.6 is 11.6 Å². The number of furan rings is 1. The summed E-state index contributed by atoms with van der Waals surface area (Å²) in [5, 5.41) is 16.4. The number of methoxy groups -OCH3 is 1. The number of benzene rings is 3. The summed E-state index contributed by atoms with van der Waals surface area (Å²) in [4.78, 5) is 20.0. The fourth-order valence-corrected chi connectivity index (χ4v) is 4.95. The predicted molar refractivity (Wildman–Crippen MR) is 169 cm³/mol. The van der Waals surface area contributed by atoms with Gasteiger partial charge in [-0.1, -0.05) is 30.2 Å². The third-order valence-corrected chi connectivity index (χ3v) is 7.36. The molecule has 4 N–H and O–H groups in total. The van der Waals surface area contributed by atoms with Gasteiger partial charge in [-0.05, 0) is 73.5 Å². The SMILES string of the molecule is COc1cc2ncnc(Nc3ccc(OCc4ccc(F)cc4)c(Cl)c3)c2cc1-c1ccc(CNCCCCCC(=O)NO)o1. The van der Waals surface area contributed by atoms with Crippen molar-refractivity contribution in [3.63, 3.8) is 0 Å². The molecule has 0 aliphatic heterocycles. The van der Waals surface area contributed by atoms with Gasteiger partial charge in [0, 0.05) is 23.6 Å². The van der Waals surface area contributed by atoms with Gasteiger partial charge in [-0.2, -0.15) is 0 Å². The van der Waals surface area contributed by atoms with E-state index in [1.165, 1.54) is 18.5 Å². The van der Waals surface area contributed by atoms with Gasteiger partial charge in [-0.25, -0.2) is 19.8 Å². The number of anilines is 2. The Morgan fingerprint density at radius 1 is 1.00 bits per heavy atom. The van der Waals surface area contributed by atoms with Crippen LogP contribution in [0.15, 0.2) is 77.5 Å². The molecule has 3 aromatic carbocycles. The highest BCUT2D eigenvalue weighted by molar-refractivity contribution is 6.32. The zero-order chi connectivity index (χ0) is 31.6. The molecule has 0 spiro atoms. The Balaban J connectivity index is 1.26. The highest BCUT2D eigenvalue weighted by Gasteiger charge is 2.16. The molecule has 0 atom stereocenters. The zero-order valence-corrected chi connectivity index (χ0v) is 25.4. The molecule has 1 amide bonds. The molecule has 0 aliphatic rings. The van der Waals surface area contributed by atoms with E-state index in [1.807, 2.05) is 30.3 Å². The van der Waals surface area contributed by atoms with Crippen molar-refractivity contribution in [3.8, 4) is 22.8 Å². The first-order valence-corrected chi connectivity index (χ1v) is 14.8. The van der Waals surface area contributed by atoms with Gasteiger partial charge >= 0.3 is 0 Å². The van der Waals surface area contributed by atoms with E-state index in [4.69, 9.17) is 30.7 Å². The number of aromatic nitrogens is 2. The molecule has 5 rings (SSSR count). The molecule has 5 aromatic rings. The number of rotatable bonds is 15. The van der Waals surface area contributed by atoms with E-state index in [0.29, 0.717) is 58.7 Å². The molecule has 0 saturated carbocycles. The second-order valence-corrected chi connectivity index (χ2v) is 10.7. The zero-order valence-electron chi connectivity index (χ0n) is 24.6. The first kappa shape index (κ1) is 31.7. The van der Waals surface area contributed by atoms with Gasteiger partial charge in [0.25, 0.3) is 0 Å². The van der Waals surface area contributed by atoms with Crippen molar-refractivity contribution in [1.82, 2.24) is 20.8 Å². The van der Waals surface area contributed by atoms with Crippen molar-refractivity contribution in [3.05, 3.63) is 95.2 Å². The molecule has 0 aliphatic carbocycles. The second kappa shape index (κ2) is 15.3. The number of halogens is 2. The molecule has 45 heavy (non-hydrogen) atoms. The van der Waals surface area contributed by atoms with Crippen LogP contribution < -0.4 is 25.6 Å². The topological polar surface area (TPSA) is 131 Å². The Morgan fingerprint density at radius 2 is 1.84 bits per heavy atom. The molecule has 0 unspecified atom stereocenters. The summed E-state index contributed by atoms with van der Waals surface area (Å²) >= 11 is 6.52. The van der Waals surface area contributed by atoms with Crippen molar-refractivity contribution in [2.45, 2.75) is 38.8 Å². The third kappa shape index (κ3) is 8.48. The van der Waals surface area contributed by atoms with E-state index in [0.717, 1.165) is 41.7 Å². The number of nitrogens with zero attached hydrogens (tertiary/aromatic N) is 2. The summed E-state index contributed by atoms with van der Waals surface area (Å²) in [7, 11) is 1.60. The van der Waals surface area contributed by atoms with Crippen LogP contribution in [0.5, 0.6) is 11.5 Å². The molecule has 0 radical (unpaired) electrons. The fraction of sp³-hybridized carbons (Fsp3) is 0.242. The van der Waals surface area contributed by atoms with E-state index in [9.17, 15) is 9.18 Å². The maximum atomic E-state index is 13.2. The van der Waals surface area contributed by atoms with Crippen molar-refractivity contribution < 1.29 is 28.3 Å². The molecule has 12 heteroatoms. The Labute approximate surface area is 264 Å². The summed E-state index contributed by atoms with van der Waals surface area (Å²) in [6.07, 6.45) is 4.27. The van der Waals surface area contributed by atoms with E-state index in [-0.39, 0.29) is 18.3 Å². The van der Waals surface area contributed by atoms with Gasteiger partial charge in [0.05, 0.1) is 29.8 Å². The van der Waals surface area contributed by atoms with Crippen LogP contribution in [0.25, 0.3) is 22.2 Å². The number of ether oxygens (including phenoxy) is 2. The number of fused-ring (bicyclic) bond motifs is 1. The van der Waals surface area contributed by atoms with Crippen LogP contribution in [0.2, 0.25) is 5.02 Å². The van der Waals surface area contributed by atoms with Crippen molar-refractivity contribution in [2.24, 2.45) is 0 Å². The van der Waals surface area contributed by atoms with Crippen molar-refractivity contribution in [1.29, 1.82) is 0 Å². The maximum absolute atomic E-state index is 13.2. The second-order valence-electron chi connectivity index (χ2n) is 10.3. The minimum absolute atomic E-state index is 0.256. The van der Waals surface area contributed by atoms with E-state index in [1.54, 1.807) is 36.9 Å². The molecule has 234 valence electrons. The minimum Gasteiger partial charge on any atom is -0.496 e.